The van der Waals surface area contributed by atoms with Crippen LogP contribution in [0.3, 0.4) is 0 Å². The van der Waals surface area contributed by atoms with Crippen molar-refractivity contribution in [3.63, 3.8) is 0 Å². The summed E-state index contributed by atoms with van der Waals surface area (Å²) in [5, 5.41) is 5.07. The molecule has 0 amide bonds. The second-order valence-electron chi connectivity index (χ2n) is 22.3. The quantitative estimate of drug-likeness (QED) is 0.121. The molecule has 0 bridgehead atoms. The maximum absolute atomic E-state index is 2.44. The van der Waals surface area contributed by atoms with Crippen molar-refractivity contribution in [1.82, 2.24) is 0 Å². The first kappa shape index (κ1) is 50.8. The average Bonchev–Trinajstić information content (AvgIpc) is 4.31. The van der Waals surface area contributed by atoms with Gasteiger partial charge < -0.3 is 0 Å². The first-order chi connectivity index (χ1) is 40.3. The highest BCUT2D eigenvalue weighted by Crippen LogP contribution is 2.54. The van der Waals surface area contributed by atoms with Crippen LogP contribution in [0.1, 0.15) is 26.3 Å². The summed E-state index contributed by atoms with van der Waals surface area (Å²) in [4.78, 5) is 5.12. The molecular formula is C80H58S2. The normalized spacial score (nSPS) is 11.6. The Kier molecular flexibility index (Phi) is 13.3. The maximum atomic E-state index is 2.44. The maximum Gasteiger partial charge on any atom is 0.0440 e. The van der Waals surface area contributed by atoms with Gasteiger partial charge in [0, 0.05) is 63.3 Å². The van der Waals surface area contributed by atoms with E-state index in [0.717, 1.165) is 0 Å². The van der Waals surface area contributed by atoms with Gasteiger partial charge in [0.1, 0.15) is 0 Å². The standard InChI is InChI=1S/C80H58S2/c1-80(2,3)62-47-48-65(56-29-12-6-13-30-56)74(52-62)78-69-40-21-20-39-68(69)76(81-78)67-38-19-17-36-64(67)58-45-43-54(44-46-58)59-33-24-34-60(49-59)73-51-61(53-25-8-4-9-26-53)50-72(57-31-14-7-15-32-57)75(73)79-71-42-23-22-41-70(71)77(82-79)66-37-18-16-35-63(66)55-27-10-5-11-28-55/h4-52H,1-3H3. The third-order valence-corrected chi connectivity index (χ3v) is 18.7. The van der Waals surface area contributed by atoms with E-state index in [1.165, 1.54) is 147 Å². The summed E-state index contributed by atoms with van der Waals surface area (Å²) in [5.41, 5.74) is 23.2. The molecule has 0 fully saturated rings. The van der Waals surface area contributed by atoms with Crippen molar-refractivity contribution in [3.05, 3.63) is 303 Å². The van der Waals surface area contributed by atoms with Crippen LogP contribution in [0.25, 0.3) is 141 Å². The van der Waals surface area contributed by atoms with Crippen LogP contribution in [-0.2, 0) is 5.41 Å². The summed E-state index contributed by atoms with van der Waals surface area (Å²) in [6, 6.07) is 110. The SMILES string of the molecule is CC(C)(C)c1ccc(-c2ccccc2)c(-c2sc(-c3ccccc3-c3ccc(-c4cccc(-c5cc(-c6ccccc6)cc(-c6ccccc6)c5-c5sc(-c6ccccc6-c6ccccc6)c6ccccc56)c4)cc3)c3ccccc23)c1. The van der Waals surface area contributed by atoms with Crippen LogP contribution in [0.2, 0.25) is 0 Å². The molecule has 0 spiro atoms. The summed E-state index contributed by atoms with van der Waals surface area (Å²) >= 11 is 3.82. The lowest BCUT2D eigenvalue weighted by Gasteiger charge is -2.21. The molecule has 0 unspecified atom stereocenters. The van der Waals surface area contributed by atoms with E-state index in [2.05, 4.69) is 318 Å². The largest absolute Gasteiger partial charge is 0.134 e. The molecule has 0 N–H and O–H groups in total. The molecule has 12 aromatic carbocycles. The average molecular weight is 1080 g/mol. The molecule has 14 rings (SSSR count). The van der Waals surface area contributed by atoms with Gasteiger partial charge in [0.25, 0.3) is 0 Å². The fraction of sp³-hybridized carbons (Fsp3) is 0.0500. The van der Waals surface area contributed by atoms with Crippen molar-refractivity contribution in [1.29, 1.82) is 0 Å². The van der Waals surface area contributed by atoms with E-state index in [0.29, 0.717) is 0 Å². The Morgan fingerprint density at radius 2 is 0.549 bits per heavy atom. The molecule has 82 heavy (non-hydrogen) atoms. The molecule has 0 aliphatic rings. The smallest absolute Gasteiger partial charge is 0.0440 e. The number of rotatable bonds is 11. The van der Waals surface area contributed by atoms with Crippen molar-refractivity contribution < 1.29 is 0 Å². The molecule has 0 saturated heterocycles. The van der Waals surface area contributed by atoms with E-state index in [1.54, 1.807) is 0 Å². The Balaban J connectivity index is 0.899. The molecule has 14 aromatic rings. The van der Waals surface area contributed by atoms with Crippen LogP contribution in [0.15, 0.2) is 297 Å². The highest BCUT2D eigenvalue weighted by Gasteiger charge is 2.26. The number of benzene rings is 12. The highest BCUT2D eigenvalue weighted by atomic mass is 32.1. The summed E-state index contributed by atoms with van der Waals surface area (Å²) in [6.07, 6.45) is 0. The van der Waals surface area contributed by atoms with E-state index in [4.69, 9.17) is 0 Å². The summed E-state index contributed by atoms with van der Waals surface area (Å²) in [6.45, 7) is 6.93. The van der Waals surface area contributed by atoms with Gasteiger partial charge in [0.2, 0.25) is 0 Å². The zero-order chi connectivity index (χ0) is 55.2. The zero-order valence-electron chi connectivity index (χ0n) is 46.1. The van der Waals surface area contributed by atoms with E-state index in [1.807, 2.05) is 22.7 Å². The van der Waals surface area contributed by atoms with Gasteiger partial charge in [-0.3, -0.25) is 0 Å². The molecule has 0 radical (unpaired) electrons. The van der Waals surface area contributed by atoms with Crippen molar-refractivity contribution in [2.45, 2.75) is 26.2 Å². The first-order valence-electron chi connectivity index (χ1n) is 28.3. The zero-order valence-corrected chi connectivity index (χ0v) is 47.7. The van der Waals surface area contributed by atoms with Crippen LogP contribution in [0, 0.1) is 0 Å². The lowest BCUT2D eigenvalue weighted by Crippen LogP contribution is -2.11. The van der Waals surface area contributed by atoms with Gasteiger partial charge in [-0.1, -0.05) is 294 Å². The Labute approximate surface area is 489 Å². The number of hydrogen-bond donors (Lipinski definition) is 0. The van der Waals surface area contributed by atoms with Gasteiger partial charge in [-0.2, -0.15) is 0 Å². The number of hydrogen-bond acceptors (Lipinski definition) is 2. The van der Waals surface area contributed by atoms with Crippen LogP contribution >= 0.6 is 22.7 Å². The predicted molar refractivity (Wildman–Crippen MR) is 356 cm³/mol. The minimum Gasteiger partial charge on any atom is -0.134 e. The predicted octanol–water partition coefficient (Wildman–Crippen LogP) is 23.8. The minimum absolute atomic E-state index is 0.00309. The lowest BCUT2D eigenvalue weighted by molar-refractivity contribution is 0.590. The lowest BCUT2D eigenvalue weighted by atomic mass is 9.84. The topological polar surface area (TPSA) is 0 Å². The molecule has 0 aliphatic heterocycles. The van der Waals surface area contributed by atoms with Gasteiger partial charge in [-0.25, -0.2) is 0 Å². The van der Waals surface area contributed by atoms with Crippen molar-refractivity contribution >= 4 is 44.2 Å². The highest BCUT2D eigenvalue weighted by molar-refractivity contribution is 7.21. The number of thiophene rings is 2. The summed E-state index contributed by atoms with van der Waals surface area (Å²) in [5.74, 6) is 0. The fourth-order valence-electron chi connectivity index (χ4n) is 12.0. The fourth-order valence-corrected chi connectivity index (χ4v) is 14.7. The Morgan fingerprint density at radius 3 is 1.06 bits per heavy atom. The van der Waals surface area contributed by atoms with Crippen LogP contribution in [0.5, 0.6) is 0 Å². The van der Waals surface area contributed by atoms with Gasteiger partial charge in [0.05, 0.1) is 0 Å². The van der Waals surface area contributed by atoms with E-state index in [9.17, 15) is 0 Å². The third-order valence-electron chi connectivity index (χ3n) is 16.1. The van der Waals surface area contributed by atoms with Crippen molar-refractivity contribution in [2.75, 3.05) is 0 Å². The minimum atomic E-state index is 0.00309. The van der Waals surface area contributed by atoms with Gasteiger partial charge >= 0.3 is 0 Å². The summed E-state index contributed by atoms with van der Waals surface area (Å²) < 4.78 is 0. The van der Waals surface area contributed by atoms with E-state index in [-0.39, 0.29) is 5.41 Å². The monoisotopic (exact) mass is 1080 g/mol. The Morgan fingerprint density at radius 1 is 0.207 bits per heavy atom. The van der Waals surface area contributed by atoms with Crippen molar-refractivity contribution in [2.24, 2.45) is 0 Å². The molecule has 0 saturated carbocycles. The third kappa shape index (κ3) is 9.50. The molecule has 390 valence electrons. The molecule has 0 atom stereocenters. The van der Waals surface area contributed by atoms with Crippen LogP contribution < -0.4 is 0 Å². The second kappa shape index (κ2) is 21.6. The van der Waals surface area contributed by atoms with Crippen LogP contribution in [0.4, 0.5) is 0 Å². The molecule has 2 heteroatoms. The molecule has 2 aromatic heterocycles. The Bertz CT molecular complexity index is 4610. The van der Waals surface area contributed by atoms with Gasteiger partial charge in [-0.15, -0.1) is 22.7 Å². The second-order valence-corrected chi connectivity index (χ2v) is 24.3. The molecule has 0 aliphatic carbocycles. The van der Waals surface area contributed by atoms with Crippen molar-refractivity contribution in [3.8, 4) is 120 Å². The van der Waals surface area contributed by atoms with Gasteiger partial charge in [-0.05, 0) is 113 Å². The summed E-state index contributed by atoms with van der Waals surface area (Å²) in [7, 11) is 0. The van der Waals surface area contributed by atoms with E-state index < -0.39 is 0 Å². The van der Waals surface area contributed by atoms with Crippen LogP contribution in [-0.4, -0.2) is 0 Å². The first-order valence-corrected chi connectivity index (χ1v) is 29.9. The van der Waals surface area contributed by atoms with Gasteiger partial charge in [0.15, 0.2) is 0 Å². The Hall–Kier alpha value is -9.44. The molecule has 2 heterocycles. The number of fused-ring (bicyclic) bond motifs is 2. The van der Waals surface area contributed by atoms with E-state index >= 15 is 0 Å². The molecular weight excluding hydrogens is 1030 g/mol. The molecule has 0 nitrogen and oxygen atoms in total.